The Morgan fingerprint density at radius 3 is 2.67 bits per heavy atom. The van der Waals surface area contributed by atoms with Gasteiger partial charge in [-0.2, -0.15) is 5.10 Å². The van der Waals surface area contributed by atoms with Gasteiger partial charge < -0.3 is 11.1 Å². The number of primary amides is 1. The van der Waals surface area contributed by atoms with E-state index in [1.165, 1.54) is 6.42 Å². The Morgan fingerprint density at radius 1 is 1.06 bits per heavy atom. The number of carbonyl (C=O) groups excluding carboxylic acids is 2. The number of pyridine rings is 1. The van der Waals surface area contributed by atoms with Crippen LogP contribution in [0.3, 0.4) is 0 Å². The van der Waals surface area contributed by atoms with Gasteiger partial charge in [0.25, 0.3) is 5.91 Å². The third-order valence-corrected chi connectivity index (χ3v) is 7.34. The van der Waals surface area contributed by atoms with Crippen molar-refractivity contribution >= 4 is 22.7 Å². The summed E-state index contributed by atoms with van der Waals surface area (Å²) in [6, 6.07) is 9.53. The van der Waals surface area contributed by atoms with Gasteiger partial charge in [-0.1, -0.05) is 24.6 Å². The maximum Gasteiger partial charge on any atom is 0.272 e. The van der Waals surface area contributed by atoms with E-state index in [-0.39, 0.29) is 5.91 Å². The molecule has 7 nitrogen and oxygen atoms in total. The summed E-state index contributed by atoms with van der Waals surface area (Å²) in [5, 5.41) is 11.3. The fourth-order valence-corrected chi connectivity index (χ4v) is 5.44. The zero-order valence-electron chi connectivity index (χ0n) is 18.9. The van der Waals surface area contributed by atoms with Crippen LogP contribution in [-0.2, 0) is 12.8 Å². The van der Waals surface area contributed by atoms with Crippen LogP contribution in [0, 0.1) is 5.92 Å². The summed E-state index contributed by atoms with van der Waals surface area (Å²) >= 11 is 0. The van der Waals surface area contributed by atoms with E-state index in [1.807, 2.05) is 30.3 Å². The van der Waals surface area contributed by atoms with E-state index in [2.05, 4.69) is 15.5 Å². The van der Waals surface area contributed by atoms with E-state index in [1.54, 1.807) is 0 Å². The van der Waals surface area contributed by atoms with E-state index in [0.717, 1.165) is 79.2 Å². The number of amides is 2. The number of nitrogens with zero attached hydrogens (tertiary/aromatic N) is 2. The van der Waals surface area contributed by atoms with Crippen LogP contribution in [0.5, 0.6) is 0 Å². The van der Waals surface area contributed by atoms with Crippen molar-refractivity contribution in [2.75, 3.05) is 6.54 Å². The second-order valence-corrected chi connectivity index (χ2v) is 9.49. The Morgan fingerprint density at radius 2 is 1.85 bits per heavy atom. The molecule has 1 saturated carbocycles. The SMILES string of the molecule is NC(=O)c1cc(C2CCC(CNC(=O)c3n[nH]c4c3CCCCC4)CC2)nc2ccccc12. The molecule has 1 fully saturated rings. The molecule has 0 spiro atoms. The van der Waals surface area contributed by atoms with Crippen LogP contribution in [0.1, 0.15) is 88.7 Å². The summed E-state index contributed by atoms with van der Waals surface area (Å²) in [7, 11) is 0. The predicted molar refractivity (Wildman–Crippen MR) is 127 cm³/mol. The van der Waals surface area contributed by atoms with Gasteiger partial charge in [0, 0.05) is 34.8 Å². The highest BCUT2D eigenvalue weighted by atomic mass is 16.2. The van der Waals surface area contributed by atoms with E-state index < -0.39 is 5.91 Å². The van der Waals surface area contributed by atoms with Gasteiger partial charge in [0.2, 0.25) is 5.91 Å². The van der Waals surface area contributed by atoms with Crippen LogP contribution in [0.25, 0.3) is 10.9 Å². The van der Waals surface area contributed by atoms with Crippen LogP contribution < -0.4 is 11.1 Å². The number of aromatic nitrogens is 3. The first-order valence-electron chi connectivity index (χ1n) is 12.1. The molecule has 0 unspecified atom stereocenters. The largest absolute Gasteiger partial charge is 0.366 e. The van der Waals surface area contributed by atoms with Gasteiger partial charge in [0.05, 0.1) is 11.1 Å². The number of aromatic amines is 1. The fourth-order valence-electron chi connectivity index (χ4n) is 5.44. The minimum atomic E-state index is -0.414. The maximum atomic E-state index is 12.8. The van der Waals surface area contributed by atoms with Gasteiger partial charge in [-0.05, 0) is 69.4 Å². The molecule has 3 aromatic rings. The van der Waals surface area contributed by atoms with E-state index in [9.17, 15) is 9.59 Å². The van der Waals surface area contributed by atoms with Crippen molar-refractivity contribution in [1.29, 1.82) is 0 Å². The lowest BCUT2D eigenvalue weighted by atomic mass is 9.80. The zero-order valence-corrected chi connectivity index (χ0v) is 18.9. The number of aryl methyl sites for hydroxylation is 1. The van der Waals surface area contributed by atoms with Crippen molar-refractivity contribution < 1.29 is 9.59 Å². The van der Waals surface area contributed by atoms with Crippen LogP contribution >= 0.6 is 0 Å². The normalized spacial score (nSPS) is 20.7. The standard InChI is InChI=1S/C26H31N5O2/c27-25(32)20-14-23(29-21-8-5-4-6-18(20)21)17-12-10-16(11-13-17)15-28-26(33)24-19-7-2-1-3-9-22(19)30-31-24/h4-6,8,14,16-17H,1-3,7,9-13,15H2,(H2,27,32)(H,28,33)(H,30,31). The lowest BCUT2D eigenvalue weighted by Gasteiger charge is -2.28. The topological polar surface area (TPSA) is 114 Å². The zero-order chi connectivity index (χ0) is 22.8. The van der Waals surface area contributed by atoms with Gasteiger partial charge >= 0.3 is 0 Å². The van der Waals surface area contributed by atoms with Crippen LogP contribution in [0.4, 0.5) is 0 Å². The third kappa shape index (κ3) is 4.49. The molecule has 4 N–H and O–H groups in total. The summed E-state index contributed by atoms with van der Waals surface area (Å²) in [4.78, 5) is 29.6. The van der Waals surface area contributed by atoms with Crippen molar-refractivity contribution in [3.63, 3.8) is 0 Å². The molecule has 0 aliphatic heterocycles. The van der Waals surface area contributed by atoms with Crippen LogP contribution in [0.2, 0.25) is 0 Å². The monoisotopic (exact) mass is 445 g/mol. The number of nitrogens with two attached hydrogens (primary N) is 1. The summed E-state index contributed by atoms with van der Waals surface area (Å²) in [6.07, 6.45) is 9.42. The molecule has 0 saturated heterocycles. The first kappa shape index (κ1) is 21.6. The van der Waals surface area contributed by atoms with Crippen molar-refractivity contribution in [1.82, 2.24) is 20.5 Å². The molecule has 0 radical (unpaired) electrons. The molecule has 2 heterocycles. The number of hydrogen-bond donors (Lipinski definition) is 3. The number of H-pyrrole nitrogens is 1. The highest BCUT2D eigenvalue weighted by Crippen LogP contribution is 2.36. The van der Waals surface area contributed by atoms with Crippen molar-refractivity contribution in [3.8, 4) is 0 Å². The number of carbonyl (C=O) groups is 2. The Balaban J connectivity index is 1.20. The Kier molecular flexibility index (Phi) is 6.11. The molecule has 2 aliphatic carbocycles. The van der Waals surface area contributed by atoms with Gasteiger partial charge in [-0.25, -0.2) is 0 Å². The van der Waals surface area contributed by atoms with E-state index in [0.29, 0.717) is 29.6 Å². The average Bonchev–Trinajstić information content (AvgIpc) is 3.10. The number of rotatable bonds is 5. The van der Waals surface area contributed by atoms with Crippen molar-refractivity contribution in [2.45, 2.75) is 63.7 Å². The van der Waals surface area contributed by atoms with Gasteiger partial charge in [0.1, 0.15) is 0 Å². The number of para-hydroxylation sites is 1. The minimum absolute atomic E-state index is 0.0566. The fraction of sp³-hybridized carbons (Fsp3) is 0.462. The Bertz CT molecular complexity index is 1180. The van der Waals surface area contributed by atoms with Crippen LogP contribution in [0.15, 0.2) is 30.3 Å². The lowest BCUT2D eigenvalue weighted by molar-refractivity contribution is 0.0936. The average molecular weight is 446 g/mol. The number of fused-ring (bicyclic) bond motifs is 2. The third-order valence-electron chi connectivity index (χ3n) is 7.34. The van der Waals surface area contributed by atoms with Crippen LogP contribution in [-0.4, -0.2) is 33.5 Å². The van der Waals surface area contributed by atoms with Crippen molar-refractivity contribution in [2.24, 2.45) is 11.7 Å². The quantitative estimate of drug-likeness (QED) is 0.515. The highest BCUT2D eigenvalue weighted by Gasteiger charge is 2.26. The number of nitrogens with one attached hydrogen (secondary N) is 2. The van der Waals surface area contributed by atoms with Gasteiger partial charge in [-0.3, -0.25) is 19.7 Å². The second-order valence-electron chi connectivity index (χ2n) is 9.49. The number of hydrogen-bond acceptors (Lipinski definition) is 4. The van der Waals surface area contributed by atoms with E-state index in [4.69, 9.17) is 10.7 Å². The Labute approximate surface area is 193 Å². The molecule has 2 aromatic heterocycles. The smallest absolute Gasteiger partial charge is 0.272 e. The highest BCUT2D eigenvalue weighted by molar-refractivity contribution is 6.05. The molecule has 7 heteroatoms. The number of benzene rings is 1. The molecule has 172 valence electrons. The molecular weight excluding hydrogens is 414 g/mol. The molecular formula is C26H31N5O2. The molecule has 5 rings (SSSR count). The summed E-state index contributed by atoms with van der Waals surface area (Å²) in [5.74, 6) is 0.280. The summed E-state index contributed by atoms with van der Waals surface area (Å²) in [5.41, 5.74) is 10.8. The molecule has 33 heavy (non-hydrogen) atoms. The Hall–Kier alpha value is -3.22. The summed E-state index contributed by atoms with van der Waals surface area (Å²) < 4.78 is 0. The van der Waals surface area contributed by atoms with Gasteiger partial charge in [0.15, 0.2) is 5.69 Å². The minimum Gasteiger partial charge on any atom is -0.366 e. The molecule has 2 aliphatic rings. The molecule has 0 bridgehead atoms. The second kappa shape index (κ2) is 9.33. The first-order chi connectivity index (χ1) is 16.1. The lowest BCUT2D eigenvalue weighted by Crippen LogP contribution is -2.32. The maximum absolute atomic E-state index is 12.8. The first-order valence-corrected chi connectivity index (χ1v) is 12.1. The summed E-state index contributed by atoms with van der Waals surface area (Å²) in [6.45, 7) is 0.671. The molecule has 2 amide bonds. The van der Waals surface area contributed by atoms with Crippen molar-refractivity contribution in [3.05, 3.63) is 58.5 Å². The predicted octanol–water partition coefficient (Wildman–Crippen LogP) is 4.03. The molecule has 1 aromatic carbocycles. The van der Waals surface area contributed by atoms with E-state index >= 15 is 0 Å². The molecule has 0 atom stereocenters. The van der Waals surface area contributed by atoms with Gasteiger partial charge in [-0.15, -0.1) is 0 Å².